The van der Waals surface area contributed by atoms with E-state index in [1.807, 2.05) is 17.8 Å². The standard InChI is InChI=1S/C13H25N3O/c1-6-17-10-13(4,5)9-16-8-12(14-15-16)7-11(2)3/h8,11H,6-7,9-10H2,1-5H3. The highest BCUT2D eigenvalue weighted by Gasteiger charge is 2.19. The van der Waals surface area contributed by atoms with E-state index < -0.39 is 0 Å². The Morgan fingerprint density at radius 2 is 2.12 bits per heavy atom. The van der Waals surface area contributed by atoms with Crippen LogP contribution in [0.1, 0.15) is 40.3 Å². The monoisotopic (exact) mass is 239 g/mol. The van der Waals surface area contributed by atoms with Crippen molar-refractivity contribution in [2.24, 2.45) is 11.3 Å². The molecule has 0 spiro atoms. The van der Waals surface area contributed by atoms with Crippen LogP contribution in [0, 0.1) is 11.3 Å². The molecular weight excluding hydrogens is 214 g/mol. The molecule has 0 unspecified atom stereocenters. The van der Waals surface area contributed by atoms with Crippen molar-refractivity contribution in [2.45, 2.75) is 47.6 Å². The second-order valence-electron chi connectivity index (χ2n) is 5.81. The van der Waals surface area contributed by atoms with Gasteiger partial charge >= 0.3 is 0 Å². The predicted molar refractivity (Wildman–Crippen MR) is 68.8 cm³/mol. The Morgan fingerprint density at radius 1 is 1.41 bits per heavy atom. The molecule has 4 heteroatoms. The van der Waals surface area contributed by atoms with Crippen molar-refractivity contribution in [2.75, 3.05) is 13.2 Å². The Labute approximate surface area is 104 Å². The number of ether oxygens (including phenoxy) is 1. The Hall–Kier alpha value is -0.900. The van der Waals surface area contributed by atoms with Crippen molar-refractivity contribution in [3.05, 3.63) is 11.9 Å². The van der Waals surface area contributed by atoms with Crippen LogP contribution < -0.4 is 0 Å². The van der Waals surface area contributed by atoms with Gasteiger partial charge in [0.25, 0.3) is 0 Å². The first-order valence-corrected chi connectivity index (χ1v) is 6.39. The molecule has 0 bridgehead atoms. The second-order valence-corrected chi connectivity index (χ2v) is 5.81. The summed E-state index contributed by atoms with van der Waals surface area (Å²) in [6.45, 7) is 13.1. The normalized spacial score (nSPS) is 12.4. The Morgan fingerprint density at radius 3 is 2.71 bits per heavy atom. The van der Waals surface area contributed by atoms with Crippen LogP contribution in [-0.2, 0) is 17.7 Å². The molecule has 0 fully saturated rings. The summed E-state index contributed by atoms with van der Waals surface area (Å²) in [7, 11) is 0. The molecule has 17 heavy (non-hydrogen) atoms. The average Bonchev–Trinajstić information content (AvgIpc) is 2.60. The van der Waals surface area contributed by atoms with Crippen LogP contribution in [-0.4, -0.2) is 28.2 Å². The first kappa shape index (κ1) is 14.2. The van der Waals surface area contributed by atoms with E-state index in [0.29, 0.717) is 5.92 Å². The molecule has 4 nitrogen and oxygen atoms in total. The summed E-state index contributed by atoms with van der Waals surface area (Å²) < 4.78 is 7.41. The highest BCUT2D eigenvalue weighted by molar-refractivity contribution is 4.93. The molecule has 0 aromatic carbocycles. The van der Waals surface area contributed by atoms with E-state index in [0.717, 1.165) is 31.9 Å². The Bertz CT molecular complexity index is 331. The summed E-state index contributed by atoms with van der Waals surface area (Å²) in [6, 6.07) is 0. The van der Waals surface area contributed by atoms with Crippen molar-refractivity contribution >= 4 is 0 Å². The lowest BCUT2D eigenvalue weighted by Crippen LogP contribution is -2.26. The molecule has 1 aromatic rings. The van der Waals surface area contributed by atoms with Gasteiger partial charge in [0.1, 0.15) is 0 Å². The van der Waals surface area contributed by atoms with Crippen molar-refractivity contribution in [3.8, 4) is 0 Å². The molecule has 0 saturated heterocycles. The lowest BCUT2D eigenvalue weighted by atomic mass is 9.95. The van der Waals surface area contributed by atoms with Gasteiger partial charge in [0, 0.05) is 24.8 Å². The molecule has 0 atom stereocenters. The second kappa shape index (κ2) is 6.15. The van der Waals surface area contributed by atoms with E-state index in [1.54, 1.807) is 0 Å². The van der Waals surface area contributed by atoms with Crippen molar-refractivity contribution in [1.82, 2.24) is 15.0 Å². The zero-order chi connectivity index (χ0) is 12.9. The van der Waals surface area contributed by atoms with Gasteiger partial charge in [-0.25, -0.2) is 0 Å². The minimum Gasteiger partial charge on any atom is -0.381 e. The lowest BCUT2D eigenvalue weighted by Gasteiger charge is -2.23. The molecule has 1 aromatic heterocycles. The van der Waals surface area contributed by atoms with Crippen LogP contribution in [0.4, 0.5) is 0 Å². The largest absolute Gasteiger partial charge is 0.381 e. The van der Waals surface area contributed by atoms with Crippen LogP contribution in [0.3, 0.4) is 0 Å². The Balaban J connectivity index is 2.53. The van der Waals surface area contributed by atoms with Crippen molar-refractivity contribution < 1.29 is 4.74 Å². The minimum atomic E-state index is 0.0960. The minimum absolute atomic E-state index is 0.0960. The number of nitrogens with zero attached hydrogens (tertiary/aromatic N) is 3. The molecule has 1 rings (SSSR count). The molecule has 1 heterocycles. The molecule has 0 saturated carbocycles. The summed E-state index contributed by atoms with van der Waals surface area (Å²) in [6.07, 6.45) is 3.04. The highest BCUT2D eigenvalue weighted by atomic mass is 16.5. The van der Waals surface area contributed by atoms with Crippen LogP contribution >= 0.6 is 0 Å². The van der Waals surface area contributed by atoms with Crippen LogP contribution in [0.2, 0.25) is 0 Å². The van der Waals surface area contributed by atoms with Crippen LogP contribution in [0.5, 0.6) is 0 Å². The number of hydrogen-bond acceptors (Lipinski definition) is 3. The van der Waals surface area contributed by atoms with Crippen LogP contribution in [0.15, 0.2) is 6.20 Å². The molecule has 0 aliphatic heterocycles. The molecular formula is C13H25N3O. The first-order chi connectivity index (χ1) is 7.93. The lowest BCUT2D eigenvalue weighted by molar-refractivity contribution is 0.0587. The number of rotatable bonds is 7. The zero-order valence-corrected chi connectivity index (χ0v) is 11.7. The Kier molecular flexibility index (Phi) is 5.12. The van der Waals surface area contributed by atoms with E-state index in [4.69, 9.17) is 4.74 Å². The van der Waals surface area contributed by atoms with Gasteiger partial charge in [-0.15, -0.1) is 5.10 Å². The van der Waals surface area contributed by atoms with E-state index in [1.165, 1.54) is 0 Å². The van der Waals surface area contributed by atoms with Gasteiger partial charge in [-0.2, -0.15) is 0 Å². The topological polar surface area (TPSA) is 39.9 Å². The van der Waals surface area contributed by atoms with E-state index in [9.17, 15) is 0 Å². The third kappa shape index (κ3) is 5.31. The fraction of sp³-hybridized carbons (Fsp3) is 0.846. The van der Waals surface area contributed by atoms with Gasteiger partial charge in [-0.1, -0.05) is 32.9 Å². The van der Waals surface area contributed by atoms with Gasteiger partial charge in [-0.3, -0.25) is 4.68 Å². The fourth-order valence-corrected chi connectivity index (χ4v) is 1.79. The number of hydrogen-bond donors (Lipinski definition) is 0. The average molecular weight is 239 g/mol. The smallest absolute Gasteiger partial charge is 0.0829 e. The third-order valence-electron chi connectivity index (χ3n) is 2.49. The first-order valence-electron chi connectivity index (χ1n) is 6.39. The summed E-state index contributed by atoms with van der Waals surface area (Å²) in [5, 5.41) is 8.37. The van der Waals surface area contributed by atoms with E-state index >= 15 is 0 Å². The summed E-state index contributed by atoms with van der Waals surface area (Å²) in [4.78, 5) is 0. The molecule has 0 N–H and O–H groups in total. The SMILES string of the molecule is CCOCC(C)(C)Cn1cc(CC(C)C)nn1. The molecule has 98 valence electrons. The van der Waals surface area contributed by atoms with E-state index in [-0.39, 0.29) is 5.41 Å². The van der Waals surface area contributed by atoms with Gasteiger partial charge in [0.15, 0.2) is 0 Å². The maximum atomic E-state index is 5.48. The van der Waals surface area contributed by atoms with Gasteiger partial charge in [0.2, 0.25) is 0 Å². The van der Waals surface area contributed by atoms with Crippen LogP contribution in [0.25, 0.3) is 0 Å². The zero-order valence-electron chi connectivity index (χ0n) is 11.7. The number of aromatic nitrogens is 3. The maximum Gasteiger partial charge on any atom is 0.0829 e. The third-order valence-corrected chi connectivity index (χ3v) is 2.49. The maximum absolute atomic E-state index is 5.48. The quantitative estimate of drug-likeness (QED) is 0.734. The summed E-state index contributed by atoms with van der Waals surface area (Å²) in [5.74, 6) is 0.622. The predicted octanol–water partition coefficient (Wildman–Crippen LogP) is 2.54. The summed E-state index contributed by atoms with van der Waals surface area (Å²) >= 11 is 0. The molecule has 0 aliphatic rings. The van der Waals surface area contributed by atoms with Crippen molar-refractivity contribution in [1.29, 1.82) is 0 Å². The fourth-order valence-electron chi connectivity index (χ4n) is 1.79. The molecule has 0 aliphatic carbocycles. The van der Waals surface area contributed by atoms with Gasteiger partial charge < -0.3 is 4.74 Å². The molecule has 0 amide bonds. The van der Waals surface area contributed by atoms with Crippen molar-refractivity contribution in [3.63, 3.8) is 0 Å². The molecule has 0 radical (unpaired) electrons. The van der Waals surface area contributed by atoms with Gasteiger partial charge in [0.05, 0.1) is 12.3 Å². The van der Waals surface area contributed by atoms with E-state index in [2.05, 4.69) is 38.0 Å². The highest BCUT2D eigenvalue weighted by Crippen LogP contribution is 2.18. The summed E-state index contributed by atoms with van der Waals surface area (Å²) in [5.41, 5.74) is 1.17. The van der Waals surface area contributed by atoms with Gasteiger partial charge in [-0.05, 0) is 19.3 Å².